The van der Waals surface area contributed by atoms with Gasteiger partial charge in [0.15, 0.2) is 8.32 Å². The number of hydrogen-bond acceptors (Lipinski definition) is 1. The van der Waals surface area contributed by atoms with E-state index in [0.29, 0.717) is 6.10 Å². The highest BCUT2D eigenvalue weighted by atomic mass is 28.4. The Morgan fingerprint density at radius 2 is 2.00 bits per heavy atom. The van der Waals surface area contributed by atoms with Gasteiger partial charge in [0.1, 0.15) is 0 Å². The van der Waals surface area contributed by atoms with Gasteiger partial charge in [-0.25, -0.2) is 0 Å². The standard InChI is InChI=1S/C10H20OSi/c1-9-7-5-6-8-10(9)11-12(2,3)4/h10H,1,5-8H2,2-4H3/t10-/m1/s1. The molecule has 1 rings (SSSR count). The summed E-state index contributed by atoms with van der Waals surface area (Å²) < 4.78 is 6.03. The van der Waals surface area contributed by atoms with Crippen molar-refractivity contribution in [3.63, 3.8) is 0 Å². The maximum Gasteiger partial charge on any atom is 0.184 e. The third kappa shape index (κ3) is 3.11. The molecule has 0 saturated heterocycles. The molecule has 0 aromatic carbocycles. The summed E-state index contributed by atoms with van der Waals surface area (Å²) >= 11 is 0. The monoisotopic (exact) mass is 184 g/mol. The van der Waals surface area contributed by atoms with Crippen LogP contribution in [0.3, 0.4) is 0 Å². The van der Waals surface area contributed by atoms with Crippen LogP contribution < -0.4 is 0 Å². The van der Waals surface area contributed by atoms with E-state index in [0.717, 1.165) is 0 Å². The van der Waals surface area contributed by atoms with Crippen LogP contribution in [0.2, 0.25) is 19.6 Å². The molecule has 12 heavy (non-hydrogen) atoms. The topological polar surface area (TPSA) is 9.23 Å². The second-order valence-electron chi connectivity index (χ2n) is 4.62. The average Bonchev–Trinajstić information content (AvgIpc) is 1.91. The molecule has 0 unspecified atom stereocenters. The van der Waals surface area contributed by atoms with Gasteiger partial charge in [0, 0.05) is 0 Å². The van der Waals surface area contributed by atoms with Gasteiger partial charge in [-0.1, -0.05) is 18.6 Å². The fourth-order valence-corrected chi connectivity index (χ4v) is 2.75. The lowest BCUT2D eigenvalue weighted by atomic mass is 9.94. The summed E-state index contributed by atoms with van der Waals surface area (Å²) in [6.07, 6.45) is 5.38. The lowest BCUT2D eigenvalue weighted by Crippen LogP contribution is -2.34. The summed E-state index contributed by atoms with van der Waals surface area (Å²) in [5.41, 5.74) is 1.32. The molecule has 0 amide bonds. The summed E-state index contributed by atoms with van der Waals surface area (Å²) in [7, 11) is -1.35. The molecule has 0 aromatic rings. The highest BCUT2D eigenvalue weighted by Crippen LogP contribution is 2.26. The van der Waals surface area contributed by atoms with Gasteiger partial charge in [0.05, 0.1) is 6.10 Å². The summed E-state index contributed by atoms with van der Waals surface area (Å²) in [5.74, 6) is 0. The molecule has 1 aliphatic rings. The van der Waals surface area contributed by atoms with Crippen LogP contribution in [0, 0.1) is 0 Å². The van der Waals surface area contributed by atoms with E-state index in [1.165, 1.54) is 31.3 Å². The normalized spacial score (nSPS) is 25.9. The van der Waals surface area contributed by atoms with Crippen LogP contribution in [0.5, 0.6) is 0 Å². The van der Waals surface area contributed by atoms with Gasteiger partial charge in [-0.3, -0.25) is 0 Å². The lowest BCUT2D eigenvalue weighted by molar-refractivity contribution is 0.197. The Morgan fingerprint density at radius 1 is 1.33 bits per heavy atom. The minimum atomic E-state index is -1.35. The van der Waals surface area contributed by atoms with Crippen molar-refractivity contribution in [2.45, 2.75) is 51.4 Å². The van der Waals surface area contributed by atoms with Crippen molar-refractivity contribution in [3.8, 4) is 0 Å². The highest BCUT2D eigenvalue weighted by molar-refractivity contribution is 6.69. The van der Waals surface area contributed by atoms with E-state index in [2.05, 4.69) is 26.2 Å². The first-order valence-electron chi connectivity index (χ1n) is 4.84. The zero-order valence-electron chi connectivity index (χ0n) is 8.52. The molecular weight excluding hydrogens is 164 g/mol. The molecule has 1 nitrogen and oxygen atoms in total. The van der Waals surface area contributed by atoms with Gasteiger partial charge in [-0.2, -0.15) is 0 Å². The van der Waals surface area contributed by atoms with Crippen LogP contribution in [-0.2, 0) is 4.43 Å². The molecule has 0 aliphatic heterocycles. The largest absolute Gasteiger partial charge is 0.411 e. The molecule has 0 heterocycles. The minimum absolute atomic E-state index is 0.380. The SMILES string of the molecule is C=C1CCCC[C@H]1O[Si](C)(C)C. The second-order valence-corrected chi connectivity index (χ2v) is 9.08. The van der Waals surface area contributed by atoms with Gasteiger partial charge in [0.25, 0.3) is 0 Å². The Hall–Kier alpha value is -0.0831. The van der Waals surface area contributed by atoms with Crippen LogP contribution in [0.15, 0.2) is 12.2 Å². The molecule has 0 N–H and O–H groups in total. The predicted molar refractivity (Wildman–Crippen MR) is 55.8 cm³/mol. The van der Waals surface area contributed by atoms with E-state index in [1.807, 2.05) is 0 Å². The van der Waals surface area contributed by atoms with Crippen molar-refractivity contribution >= 4 is 8.32 Å². The third-order valence-corrected chi connectivity index (χ3v) is 3.16. The zero-order valence-corrected chi connectivity index (χ0v) is 9.52. The third-order valence-electron chi connectivity index (χ3n) is 2.17. The van der Waals surface area contributed by atoms with E-state index < -0.39 is 8.32 Å². The minimum Gasteiger partial charge on any atom is -0.411 e. The van der Waals surface area contributed by atoms with Crippen LogP contribution in [0.1, 0.15) is 25.7 Å². The lowest BCUT2D eigenvalue weighted by Gasteiger charge is -2.30. The first-order chi connectivity index (χ1) is 5.49. The quantitative estimate of drug-likeness (QED) is 0.472. The zero-order chi connectivity index (χ0) is 9.19. The van der Waals surface area contributed by atoms with Crippen LogP contribution in [-0.4, -0.2) is 14.4 Å². The van der Waals surface area contributed by atoms with E-state index in [9.17, 15) is 0 Å². The van der Waals surface area contributed by atoms with Crippen molar-refractivity contribution in [1.29, 1.82) is 0 Å². The van der Waals surface area contributed by atoms with Crippen molar-refractivity contribution < 1.29 is 4.43 Å². The maximum absolute atomic E-state index is 6.03. The molecular formula is C10H20OSi. The molecule has 1 fully saturated rings. The summed E-state index contributed by atoms with van der Waals surface area (Å²) in [6.45, 7) is 10.8. The molecule has 0 aromatic heterocycles. The summed E-state index contributed by atoms with van der Waals surface area (Å²) in [5, 5.41) is 0. The van der Waals surface area contributed by atoms with E-state index in [-0.39, 0.29) is 0 Å². The highest BCUT2D eigenvalue weighted by Gasteiger charge is 2.24. The van der Waals surface area contributed by atoms with Crippen molar-refractivity contribution in [3.05, 3.63) is 12.2 Å². The van der Waals surface area contributed by atoms with E-state index in [1.54, 1.807) is 0 Å². The van der Waals surface area contributed by atoms with Crippen molar-refractivity contribution in [2.75, 3.05) is 0 Å². The van der Waals surface area contributed by atoms with Crippen molar-refractivity contribution in [2.24, 2.45) is 0 Å². The Balaban J connectivity index is 2.45. The fraction of sp³-hybridized carbons (Fsp3) is 0.800. The molecule has 1 atom stereocenters. The Bertz CT molecular complexity index is 169. The van der Waals surface area contributed by atoms with Gasteiger partial charge in [0.2, 0.25) is 0 Å². The molecule has 1 saturated carbocycles. The molecule has 0 spiro atoms. The van der Waals surface area contributed by atoms with Gasteiger partial charge >= 0.3 is 0 Å². The predicted octanol–water partition coefficient (Wildman–Crippen LogP) is 3.34. The molecule has 0 bridgehead atoms. The van der Waals surface area contributed by atoms with Gasteiger partial charge < -0.3 is 4.43 Å². The Morgan fingerprint density at radius 3 is 2.50 bits per heavy atom. The van der Waals surface area contributed by atoms with Gasteiger partial charge in [-0.05, 0) is 38.9 Å². The molecule has 1 aliphatic carbocycles. The summed E-state index contributed by atoms with van der Waals surface area (Å²) in [6, 6.07) is 0. The maximum atomic E-state index is 6.03. The first-order valence-corrected chi connectivity index (χ1v) is 8.25. The van der Waals surface area contributed by atoms with E-state index in [4.69, 9.17) is 4.43 Å². The molecule has 70 valence electrons. The number of rotatable bonds is 2. The van der Waals surface area contributed by atoms with E-state index >= 15 is 0 Å². The molecule has 0 radical (unpaired) electrons. The summed E-state index contributed by atoms with van der Waals surface area (Å²) in [4.78, 5) is 0. The Kier molecular flexibility index (Phi) is 3.13. The second kappa shape index (κ2) is 3.75. The smallest absolute Gasteiger partial charge is 0.184 e. The van der Waals surface area contributed by atoms with Crippen molar-refractivity contribution in [1.82, 2.24) is 0 Å². The molecule has 2 heteroatoms. The average molecular weight is 184 g/mol. The van der Waals surface area contributed by atoms with Crippen LogP contribution in [0.4, 0.5) is 0 Å². The fourth-order valence-electron chi connectivity index (χ4n) is 1.62. The number of hydrogen-bond donors (Lipinski definition) is 0. The van der Waals surface area contributed by atoms with Crippen LogP contribution in [0.25, 0.3) is 0 Å². The van der Waals surface area contributed by atoms with Gasteiger partial charge in [-0.15, -0.1) is 0 Å². The van der Waals surface area contributed by atoms with Crippen LogP contribution >= 0.6 is 0 Å². The first kappa shape index (κ1) is 10.0. The Labute approximate surface area is 76.9 Å².